The van der Waals surface area contributed by atoms with Crippen LogP contribution in [-0.4, -0.2) is 16.6 Å². The fourth-order valence-electron chi connectivity index (χ4n) is 1.22. The lowest BCUT2D eigenvalue weighted by molar-refractivity contribution is -0.0425. The van der Waals surface area contributed by atoms with Crippen LogP contribution in [0, 0.1) is 0 Å². The Morgan fingerprint density at radius 2 is 2.00 bits per heavy atom. The topological polar surface area (TPSA) is 29.5 Å². The van der Waals surface area contributed by atoms with E-state index in [-0.39, 0.29) is 11.7 Å². The number of rotatable bonds is 4. The van der Waals surface area contributed by atoms with Crippen molar-refractivity contribution in [2.75, 3.05) is 0 Å². The minimum atomic E-state index is -3.68. The molecule has 1 atom stereocenters. The molecule has 0 saturated heterocycles. The van der Waals surface area contributed by atoms with Crippen molar-refractivity contribution in [2.24, 2.45) is 0 Å². The Kier molecular flexibility index (Phi) is 4.10. The highest BCUT2D eigenvalue weighted by atomic mass is 35.5. The van der Waals surface area contributed by atoms with E-state index in [4.69, 9.17) is 16.3 Å². The highest BCUT2D eigenvalue weighted by Crippen LogP contribution is 2.35. The Morgan fingerprint density at radius 1 is 1.38 bits per heavy atom. The minimum Gasteiger partial charge on any atom is -0.491 e. The third kappa shape index (κ3) is 3.61. The van der Waals surface area contributed by atoms with Gasteiger partial charge in [0.05, 0.1) is 6.10 Å². The standard InChI is InChI=1S/C11H13ClF2O2/c1-7(2)16-9-5-3-4-8(6-9)10(15)11(12,13)14/h3-7,10,15H,1-2H3. The molecule has 2 nitrogen and oxygen atoms in total. The molecule has 0 aromatic heterocycles. The summed E-state index contributed by atoms with van der Waals surface area (Å²) in [6.45, 7) is 3.64. The third-order valence-corrected chi connectivity index (χ3v) is 2.06. The van der Waals surface area contributed by atoms with E-state index in [1.807, 2.05) is 13.8 Å². The Bertz CT molecular complexity index is 350. The van der Waals surface area contributed by atoms with Crippen LogP contribution < -0.4 is 4.74 Å². The van der Waals surface area contributed by atoms with Gasteiger partial charge < -0.3 is 9.84 Å². The van der Waals surface area contributed by atoms with E-state index in [0.29, 0.717) is 5.75 Å². The maximum atomic E-state index is 12.7. The van der Waals surface area contributed by atoms with E-state index in [9.17, 15) is 13.9 Å². The van der Waals surface area contributed by atoms with Gasteiger partial charge in [0.15, 0.2) is 6.10 Å². The predicted molar refractivity (Wildman–Crippen MR) is 58.0 cm³/mol. The van der Waals surface area contributed by atoms with Crippen LogP contribution in [0.2, 0.25) is 0 Å². The number of aliphatic hydroxyl groups excluding tert-OH is 1. The van der Waals surface area contributed by atoms with Crippen molar-refractivity contribution in [1.29, 1.82) is 0 Å². The quantitative estimate of drug-likeness (QED) is 0.831. The average molecular weight is 251 g/mol. The Balaban J connectivity index is 2.90. The summed E-state index contributed by atoms with van der Waals surface area (Å²) in [5.41, 5.74) is 0.0261. The second kappa shape index (κ2) is 4.97. The van der Waals surface area contributed by atoms with Gasteiger partial charge in [-0.15, -0.1) is 0 Å². The van der Waals surface area contributed by atoms with Crippen LogP contribution >= 0.6 is 11.6 Å². The van der Waals surface area contributed by atoms with Gasteiger partial charge in [-0.25, -0.2) is 0 Å². The summed E-state index contributed by atoms with van der Waals surface area (Å²) in [7, 11) is 0. The molecule has 1 N–H and O–H groups in total. The van der Waals surface area contributed by atoms with Crippen LogP contribution in [0.4, 0.5) is 8.78 Å². The molecule has 1 unspecified atom stereocenters. The molecule has 16 heavy (non-hydrogen) atoms. The maximum absolute atomic E-state index is 12.7. The van der Waals surface area contributed by atoms with Gasteiger partial charge in [0, 0.05) is 0 Å². The first-order chi connectivity index (χ1) is 7.30. The molecule has 0 aliphatic rings. The smallest absolute Gasteiger partial charge is 0.351 e. The van der Waals surface area contributed by atoms with Gasteiger partial charge in [-0.1, -0.05) is 12.1 Å². The molecule has 90 valence electrons. The average Bonchev–Trinajstić information content (AvgIpc) is 2.14. The number of ether oxygens (including phenoxy) is 1. The Labute approximate surface area is 97.8 Å². The van der Waals surface area contributed by atoms with Gasteiger partial charge in [0.2, 0.25) is 0 Å². The molecule has 0 radical (unpaired) electrons. The van der Waals surface area contributed by atoms with Crippen molar-refractivity contribution in [2.45, 2.75) is 31.4 Å². The van der Waals surface area contributed by atoms with Crippen molar-refractivity contribution >= 4 is 11.6 Å². The first kappa shape index (κ1) is 13.2. The van der Waals surface area contributed by atoms with Gasteiger partial charge in [-0.3, -0.25) is 0 Å². The fraction of sp³-hybridized carbons (Fsp3) is 0.455. The zero-order valence-corrected chi connectivity index (χ0v) is 9.71. The zero-order valence-electron chi connectivity index (χ0n) is 8.95. The summed E-state index contributed by atoms with van der Waals surface area (Å²) in [4.78, 5) is 0. The summed E-state index contributed by atoms with van der Waals surface area (Å²) in [6.07, 6.45) is -2.10. The van der Waals surface area contributed by atoms with Gasteiger partial charge in [0.1, 0.15) is 5.75 Å². The van der Waals surface area contributed by atoms with E-state index in [1.54, 1.807) is 6.07 Å². The van der Waals surface area contributed by atoms with Crippen molar-refractivity contribution in [3.63, 3.8) is 0 Å². The van der Waals surface area contributed by atoms with Gasteiger partial charge in [-0.2, -0.15) is 8.78 Å². The largest absolute Gasteiger partial charge is 0.491 e. The maximum Gasteiger partial charge on any atom is 0.351 e. The van der Waals surface area contributed by atoms with Gasteiger partial charge >= 0.3 is 5.38 Å². The molecule has 0 heterocycles. The molecule has 0 aliphatic carbocycles. The first-order valence-electron chi connectivity index (χ1n) is 4.82. The normalized spacial score (nSPS) is 13.9. The van der Waals surface area contributed by atoms with Crippen LogP contribution in [0.5, 0.6) is 5.75 Å². The van der Waals surface area contributed by atoms with Crippen molar-refractivity contribution in [3.8, 4) is 5.75 Å². The van der Waals surface area contributed by atoms with Crippen LogP contribution in [-0.2, 0) is 0 Å². The lowest BCUT2D eigenvalue weighted by atomic mass is 10.1. The minimum absolute atomic E-state index is 0.0261. The van der Waals surface area contributed by atoms with Crippen molar-refractivity contribution in [1.82, 2.24) is 0 Å². The highest BCUT2D eigenvalue weighted by molar-refractivity contribution is 6.22. The lowest BCUT2D eigenvalue weighted by Crippen LogP contribution is -2.19. The second-order valence-corrected chi connectivity index (χ2v) is 4.19. The summed E-state index contributed by atoms with van der Waals surface area (Å²) in [6, 6.07) is 5.87. The monoisotopic (exact) mass is 250 g/mol. The molecular formula is C11H13ClF2O2. The number of alkyl halides is 3. The fourth-order valence-corrected chi connectivity index (χ4v) is 1.35. The number of halogens is 3. The van der Waals surface area contributed by atoms with Crippen LogP contribution in [0.1, 0.15) is 25.5 Å². The zero-order chi connectivity index (χ0) is 12.3. The van der Waals surface area contributed by atoms with Crippen LogP contribution in [0.25, 0.3) is 0 Å². The molecule has 0 bridgehead atoms. The number of hydrogen-bond acceptors (Lipinski definition) is 2. The Morgan fingerprint density at radius 3 is 2.50 bits per heavy atom. The molecular weight excluding hydrogens is 238 g/mol. The van der Waals surface area contributed by atoms with Crippen molar-refractivity contribution in [3.05, 3.63) is 29.8 Å². The summed E-state index contributed by atoms with van der Waals surface area (Å²) < 4.78 is 30.7. The molecule has 0 fully saturated rings. The van der Waals surface area contributed by atoms with Crippen molar-refractivity contribution < 1.29 is 18.6 Å². The summed E-state index contributed by atoms with van der Waals surface area (Å²) in [5.74, 6) is 0.424. The first-order valence-corrected chi connectivity index (χ1v) is 5.20. The SMILES string of the molecule is CC(C)Oc1cccc(C(O)C(F)(F)Cl)c1. The summed E-state index contributed by atoms with van der Waals surface area (Å²) in [5, 5.41) is 5.59. The van der Waals surface area contributed by atoms with Crippen LogP contribution in [0.15, 0.2) is 24.3 Å². The van der Waals surface area contributed by atoms with E-state index < -0.39 is 11.5 Å². The second-order valence-electron chi connectivity index (χ2n) is 3.68. The van der Waals surface area contributed by atoms with E-state index in [0.717, 1.165) is 0 Å². The van der Waals surface area contributed by atoms with Crippen LogP contribution in [0.3, 0.4) is 0 Å². The third-order valence-electron chi connectivity index (χ3n) is 1.86. The predicted octanol–water partition coefficient (Wildman–Crippen LogP) is 3.34. The number of benzene rings is 1. The number of aliphatic hydroxyl groups is 1. The molecule has 1 aromatic rings. The van der Waals surface area contributed by atoms with E-state index >= 15 is 0 Å². The van der Waals surface area contributed by atoms with Gasteiger partial charge in [0.25, 0.3) is 0 Å². The van der Waals surface area contributed by atoms with E-state index in [1.165, 1.54) is 18.2 Å². The lowest BCUT2D eigenvalue weighted by Gasteiger charge is -2.17. The molecule has 5 heteroatoms. The molecule has 0 saturated carbocycles. The van der Waals surface area contributed by atoms with E-state index in [2.05, 4.69) is 0 Å². The number of hydrogen-bond donors (Lipinski definition) is 1. The summed E-state index contributed by atoms with van der Waals surface area (Å²) >= 11 is 4.75. The Hall–Kier alpha value is -0.870. The molecule has 0 spiro atoms. The highest BCUT2D eigenvalue weighted by Gasteiger charge is 2.36. The molecule has 1 aromatic carbocycles. The van der Waals surface area contributed by atoms with Gasteiger partial charge in [-0.05, 0) is 43.1 Å². The molecule has 0 amide bonds. The molecule has 1 rings (SSSR count). The molecule has 0 aliphatic heterocycles.